The van der Waals surface area contributed by atoms with Gasteiger partial charge in [-0.25, -0.2) is 0 Å². The third-order valence-electron chi connectivity index (χ3n) is 4.12. The number of nitrogens with zero attached hydrogens (tertiary/aromatic N) is 5. The third kappa shape index (κ3) is 5.16. The quantitative estimate of drug-likeness (QED) is 0.443. The van der Waals surface area contributed by atoms with Crippen molar-refractivity contribution < 1.29 is 17.5 Å². The summed E-state index contributed by atoms with van der Waals surface area (Å²) >= 11 is 0. The molecule has 1 aliphatic rings. The fourth-order valence-electron chi connectivity index (χ4n) is 2.86. The lowest BCUT2D eigenvalue weighted by Gasteiger charge is -2.19. The van der Waals surface area contributed by atoms with Gasteiger partial charge in [-0.3, -0.25) is 14.1 Å². The lowest BCUT2D eigenvalue weighted by molar-refractivity contribution is 0.183. The summed E-state index contributed by atoms with van der Waals surface area (Å²) in [6, 6.07) is 18.3. The van der Waals surface area contributed by atoms with E-state index in [1.165, 1.54) is 0 Å². The number of benzene rings is 2. The van der Waals surface area contributed by atoms with Crippen LogP contribution in [0.1, 0.15) is 0 Å². The molecule has 0 aliphatic carbocycles. The average Bonchev–Trinajstić information content (AvgIpc) is 3.19. The van der Waals surface area contributed by atoms with E-state index >= 15 is 0 Å². The second-order valence-electron chi connectivity index (χ2n) is 6.24. The summed E-state index contributed by atoms with van der Waals surface area (Å²) < 4.78 is 31.6. The molecule has 0 radical (unpaired) electrons. The average molecular weight is 416 g/mol. The van der Waals surface area contributed by atoms with Crippen LogP contribution in [0.25, 0.3) is 22.2 Å². The highest BCUT2D eigenvalue weighted by atomic mass is 32.3. The van der Waals surface area contributed by atoms with E-state index in [1.54, 1.807) is 11.3 Å². The van der Waals surface area contributed by atoms with Gasteiger partial charge in [0.05, 0.1) is 5.69 Å². The summed E-state index contributed by atoms with van der Waals surface area (Å²) in [4.78, 5) is 5.38. The topological polar surface area (TPSA) is 134 Å². The molecule has 10 nitrogen and oxygen atoms in total. The molecule has 3 N–H and O–H groups in total. The third-order valence-corrected chi connectivity index (χ3v) is 4.12. The highest BCUT2D eigenvalue weighted by Gasteiger charge is 2.22. The first-order chi connectivity index (χ1) is 13.7. The van der Waals surface area contributed by atoms with E-state index in [4.69, 9.17) is 17.5 Å². The van der Waals surface area contributed by atoms with Gasteiger partial charge in [0.2, 0.25) is 6.29 Å². The fourth-order valence-corrected chi connectivity index (χ4v) is 2.86. The highest BCUT2D eigenvalue weighted by molar-refractivity contribution is 7.79. The molecule has 0 fully saturated rings. The highest BCUT2D eigenvalue weighted by Crippen LogP contribution is 2.37. The fraction of sp³-hybridized carbons (Fsp3) is 0.167. The van der Waals surface area contributed by atoms with E-state index in [0.29, 0.717) is 0 Å². The summed E-state index contributed by atoms with van der Waals surface area (Å²) in [6.45, 7) is 0. The van der Waals surface area contributed by atoms with Gasteiger partial charge >= 0.3 is 10.4 Å². The minimum atomic E-state index is -4.67. The first kappa shape index (κ1) is 20.5. The molecular weight excluding hydrogens is 396 g/mol. The summed E-state index contributed by atoms with van der Waals surface area (Å²) in [5.74, 6) is 0. The molecule has 0 amide bonds. The van der Waals surface area contributed by atoms with Gasteiger partial charge in [0.25, 0.3) is 0 Å². The van der Waals surface area contributed by atoms with Crippen molar-refractivity contribution in [2.75, 3.05) is 14.1 Å². The molecule has 1 atom stereocenters. The lowest BCUT2D eigenvalue weighted by Crippen LogP contribution is -2.32. The lowest BCUT2D eigenvalue weighted by atomic mass is 10.1. The predicted octanol–water partition coefficient (Wildman–Crippen LogP) is 3.37. The van der Waals surface area contributed by atoms with Crippen LogP contribution in [0.5, 0.6) is 0 Å². The normalized spacial score (nSPS) is 16.5. The van der Waals surface area contributed by atoms with E-state index in [1.807, 2.05) is 49.3 Å². The molecule has 4 rings (SSSR count). The number of azo groups is 1. The van der Waals surface area contributed by atoms with E-state index in [0.717, 1.165) is 27.8 Å². The number of hydrogen-bond acceptors (Lipinski definition) is 7. The van der Waals surface area contributed by atoms with E-state index in [9.17, 15) is 0 Å². The predicted molar refractivity (Wildman–Crippen MR) is 110 cm³/mol. The van der Waals surface area contributed by atoms with Gasteiger partial charge in [-0.2, -0.15) is 13.5 Å². The van der Waals surface area contributed by atoms with Crippen LogP contribution < -0.4 is 0 Å². The standard InChI is InChI=1S/C18H18N6.H2O4S/c1-23-12-19-24(2)18(23)22-21-17-14-10-6-7-11-15(14)20-16(17)13-8-4-3-5-9-13;1-5(2,3)4/h3-12,18,20H,1-2H3;(H2,1,2,3,4). The van der Waals surface area contributed by atoms with Crippen molar-refractivity contribution in [3.05, 3.63) is 54.6 Å². The Bertz CT molecular complexity index is 1120. The first-order valence-electron chi connectivity index (χ1n) is 8.50. The molecule has 0 bridgehead atoms. The van der Waals surface area contributed by atoms with Crippen molar-refractivity contribution in [2.24, 2.45) is 15.3 Å². The Hall–Kier alpha value is -3.28. The molecule has 2 aromatic carbocycles. The van der Waals surface area contributed by atoms with Crippen LogP contribution in [0.2, 0.25) is 0 Å². The van der Waals surface area contributed by atoms with Gasteiger partial charge in [0, 0.05) is 30.6 Å². The molecule has 0 saturated carbocycles. The molecule has 29 heavy (non-hydrogen) atoms. The van der Waals surface area contributed by atoms with Gasteiger partial charge in [-0.1, -0.05) is 48.5 Å². The molecule has 1 aromatic heterocycles. The Balaban J connectivity index is 0.000000431. The van der Waals surface area contributed by atoms with E-state index in [-0.39, 0.29) is 6.29 Å². The molecule has 3 aromatic rings. The molecule has 1 aliphatic heterocycles. The Morgan fingerprint density at radius 3 is 2.28 bits per heavy atom. The van der Waals surface area contributed by atoms with Crippen molar-refractivity contribution >= 4 is 33.3 Å². The number of aromatic nitrogens is 1. The summed E-state index contributed by atoms with van der Waals surface area (Å²) in [5.41, 5.74) is 3.97. The van der Waals surface area contributed by atoms with Crippen molar-refractivity contribution in [3.63, 3.8) is 0 Å². The number of hydrogen-bond donors (Lipinski definition) is 3. The molecule has 152 valence electrons. The molecular formula is C18H20N6O4S. The van der Waals surface area contributed by atoms with Crippen LogP contribution in [0.15, 0.2) is 69.9 Å². The maximum Gasteiger partial charge on any atom is 0.394 e. The van der Waals surface area contributed by atoms with E-state index < -0.39 is 10.4 Å². The maximum atomic E-state index is 8.74. The molecule has 2 heterocycles. The first-order valence-corrected chi connectivity index (χ1v) is 9.89. The van der Waals surface area contributed by atoms with Gasteiger partial charge in [0.1, 0.15) is 12.0 Å². The Morgan fingerprint density at radius 2 is 1.66 bits per heavy atom. The number of rotatable bonds is 3. The van der Waals surface area contributed by atoms with Crippen LogP contribution in [0, 0.1) is 0 Å². The van der Waals surface area contributed by atoms with E-state index in [2.05, 4.69) is 44.6 Å². The zero-order valence-corrected chi connectivity index (χ0v) is 16.5. The van der Waals surface area contributed by atoms with Gasteiger partial charge in [-0.15, -0.1) is 10.2 Å². The number of H-pyrrole nitrogens is 1. The Labute approximate surface area is 167 Å². The zero-order valence-electron chi connectivity index (χ0n) is 15.7. The van der Waals surface area contributed by atoms with Gasteiger partial charge in [-0.05, 0) is 6.07 Å². The number of nitrogens with one attached hydrogen (secondary N) is 1. The number of para-hydroxylation sites is 1. The minimum Gasteiger partial charge on any atom is -0.353 e. The van der Waals surface area contributed by atoms with Crippen molar-refractivity contribution in [2.45, 2.75) is 6.29 Å². The SMILES string of the molecule is CN1C=NN(C)C1N=Nc1c(-c2ccccc2)[nH]c2ccccc12.O=S(=O)(O)O. The van der Waals surface area contributed by atoms with Crippen molar-refractivity contribution in [1.29, 1.82) is 0 Å². The van der Waals surface area contributed by atoms with Crippen LogP contribution >= 0.6 is 0 Å². The Kier molecular flexibility index (Phi) is 5.92. The largest absolute Gasteiger partial charge is 0.394 e. The van der Waals surface area contributed by atoms with Gasteiger partial charge < -0.3 is 9.88 Å². The number of hydrazone groups is 1. The van der Waals surface area contributed by atoms with Crippen LogP contribution in [0.4, 0.5) is 5.69 Å². The summed E-state index contributed by atoms with van der Waals surface area (Å²) in [5, 5.41) is 16.1. The monoisotopic (exact) mass is 416 g/mol. The molecule has 1 unspecified atom stereocenters. The summed E-state index contributed by atoms with van der Waals surface area (Å²) in [7, 11) is -0.846. The minimum absolute atomic E-state index is 0.220. The second kappa shape index (κ2) is 8.39. The van der Waals surface area contributed by atoms with Crippen molar-refractivity contribution in [3.8, 4) is 11.3 Å². The molecule has 0 spiro atoms. The Morgan fingerprint density at radius 1 is 1.03 bits per heavy atom. The van der Waals surface area contributed by atoms with Crippen LogP contribution in [-0.4, -0.2) is 59.1 Å². The van der Waals surface area contributed by atoms with Crippen LogP contribution in [-0.2, 0) is 10.4 Å². The smallest absolute Gasteiger partial charge is 0.353 e. The molecule has 0 saturated heterocycles. The second-order valence-corrected chi connectivity index (χ2v) is 7.14. The maximum absolute atomic E-state index is 8.74. The van der Waals surface area contributed by atoms with Crippen molar-refractivity contribution in [1.82, 2.24) is 14.9 Å². The number of fused-ring (bicyclic) bond motifs is 1. The zero-order chi connectivity index (χ0) is 21.0. The molecule has 11 heteroatoms. The summed E-state index contributed by atoms with van der Waals surface area (Å²) in [6.07, 6.45) is 1.53. The number of aromatic amines is 1. The van der Waals surface area contributed by atoms with Crippen LogP contribution in [0.3, 0.4) is 0 Å². The van der Waals surface area contributed by atoms with Gasteiger partial charge in [0.15, 0.2) is 0 Å².